The zero-order chi connectivity index (χ0) is 36.3. The van der Waals surface area contributed by atoms with Crippen LogP contribution in [0.3, 0.4) is 0 Å². The Morgan fingerprint density at radius 1 is 1.02 bits per heavy atom. The first-order valence-corrected chi connectivity index (χ1v) is 18.6. The largest absolute Gasteiger partial charge is 0.454 e. The van der Waals surface area contributed by atoms with Crippen molar-refractivity contribution in [2.45, 2.75) is 56.8 Å². The highest BCUT2D eigenvalue weighted by molar-refractivity contribution is 9.10. The minimum atomic E-state index is -4.02. The van der Waals surface area contributed by atoms with E-state index in [0.717, 1.165) is 44.0 Å². The summed E-state index contributed by atoms with van der Waals surface area (Å²) in [4.78, 5) is 0.0669. The van der Waals surface area contributed by atoms with Crippen LogP contribution in [0.2, 0.25) is 0 Å². The summed E-state index contributed by atoms with van der Waals surface area (Å²) < 4.78 is 58.6. The molecule has 0 aliphatic carbocycles. The molecule has 6 rings (SSSR count). The molecule has 0 radical (unpaired) electrons. The Bertz CT molecular complexity index is 2340. The average molecular weight is 771 g/mol. The van der Waals surface area contributed by atoms with Crippen molar-refractivity contribution in [3.05, 3.63) is 130 Å². The third kappa shape index (κ3) is 7.80. The molecule has 2 aromatic heterocycles. The fraction of sp³-hybridized carbons (Fsp3) is 0.225. The van der Waals surface area contributed by atoms with Crippen molar-refractivity contribution in [3.63, 3.8) is 0 Å². The van der Waals surface area contributed by atoms with Gasteiger partial charge in [0.05, 0.1) is 28.8 Å². The number of aliphatic hydroxyl groups excluding tert-OH is 1. The predicted molar refractivity (Wildman–Crippen MR) is 200 cm³/mol. The van der Waals surface area contributed by atoms with Gasteiger partial charge in [0.2, 0.25) is 0 Å². The normalized spacial score (nSPS) is 12.6. The molecule has 8 nitrogen and oxygen atoms in total. The molecule has 4 aromatic carbocycles. The zero-order valence-electron chi connectivity index (χ0n) is 28.4. The molecule has 0 spiro atoms. The number of benzene rings is 4. The second-order valence-corrected chi connectivity index (χ2v) is 15.4. The zero-order valence-corrected chi connectivity index (χ0v) is 30.8. The van der Waals surface area contributed by atoms with Gasteiger partial charge in [-0.2, -0.15) is 5.10 Å². The Hall–Kier alpha value is -4.73. The first-order valence-electron chi connectivity index (χ1n) is 16.4. The van der Waals surface area contributed by atoms with Gasteiger partial charge in [-0.3, -0.25) is 4.68 Å². The summed E-state index contributed by atoms with van der Waals surface area (Å²) in [7, 11) is -4.02. The van der Waals surface area contributed by atoms with Crippen molar-refractivity contribution in [3.8, 4) is 35.1 Å². The summed E-state index contributed by atoms with van der Waals surface area (Å²) in [5, 5.41) is 15.6. The number of rotatable bonds is 13. The van der Waals surface area contributed by atoms with Crippen LogP contribution in [0.15, 0.2) is 113 Å². The van der Waals surface area contributed by atoms with Gasteiger partial charge in [-0.1, -0.05) is 63.8 Å². The number of hydrogen-bond acceptors (Lipinski definition) is 6. The van der Waals surface area contributed by atoms with Crippen LogP contribution in [0.5, 0.6) is 11.5 Å². The Morgan fingerprint density at radius 2 is 1.78 bits per heavy atom. The first kappa shape index (κ1) is 36.1. The lowest BCUT2D eigenvalue weighted by Crippen LogP contribution is -2.22. The molecule has 0 bridgehead atoms. The smallest absolute Gasteiger partial charge is 0.268 e. The van der Waals surface area contributed by atoms with E-state index in [4.69, 9.17) is 21.0 Å². The van der Waals surface area contributed by atoms with E-state index in [0.29, 0.717) is 23.4 Å². The summed E-state index contributed by atoms with van der Waals surface area (Å²) >= 11 is 3.59. The van der Waals surface area contributed by atoms with Crippen molar-refractivity contribution in [2.75, 3.05) is 6.61 Å². The molecule has 0 fully saturated rings. The molecule has 1 N–H and O–H groups in total. The van der Waals surface area contributed by atoms with Gasteiger partial charge in [0.15, 0.2) is 11.6 Å². The van der Waals surface area contributed by atoms with Gasteiger partial charge < -0.3 is 14.6 Å². The monoisotopic (exact) mass is 769 g/mol. The fourth-order valence-electron chi connectivity index (χ4n) is 5.89. The summed E-state index contributed by atoms with van der Waals surface area (Å²) in [6, 6.07) is 26.1. The maximum absolute atomic E-state index is 15.8. The Balaban J connectivity index is 1.27. The SMILES string of the molecule is C#CC(C)(C)OCCCC(c1cccc(Br)c1)n1ccc(-c2cccc(Oc3c(F)cc4c(ccn4S(=O)(=O)c4ccc(C)cc4)c3CO)c2)n1. The second-order valence-electron chi connectivity index (χ2n) is 12.7. The van der Waals surface area contributed by atoms with Gasteiger partial charge in [-0.15, -0.1) is 6.42 Å². The molecule has 0 aliphatic heterocycles. The highest BCUT2D eigenvalue weighted by Gasteiger charge is 2.24. The van der Waals surface area contributed by atoms with Crippen LogP contribution in [0.1, 0.15) is 49.4 Å². The van der Waals surface area contributed by atoms with E-state index in [-0.39, 0.29) is 27.8 Å². The molecule has 11 heteroatoms. The van der Waals surface area contributed by atoms with Gasteiger partial charge in [-0.25, -0.2) is 16.8 Å². The van der Waals surface area contributed by atoms with Crippen molar-refractivity contribution in [1.82, 2.24) is 13.8 Å². The lowest BCUT2D eigenvalue weighted by atomic mass is 10.0. The number of aryl methyl sites for hydroxylation is 1. The van der Waals surface area contributed by atoms with E-state index in [1.54, 1.807) is 30.3 Å². The minimum absolute atomic E-state index is 0.0669. The summed E-state index contributed by atoms with van der Waals surface area (Å²) in [6.07, 6.45) is 10.4. The van der Waals surface area contributed by atoms with E-state index < -0.39 is 28.0 Å². The number of nitrogens with zero attached hydrogens (tertiary/aromatic N) is 3. The standard InChI is InChI=1S/C40H37BrFN3O5S/c1-5-40(3,4)49-22-8-13-37(29-10-6-11-30(41)23-29)44-20-19-36(43-44)28-9-7-12-31(24-28)50-39-34(26-46)33-18-21-45(38(33)25-35(39)42)51(47,48)32-16-14-27(2)15-17-32/h1,6-7,9-12,14-21,23-25,37,46H,8,13,22,26H2,2-4H3. The van der Waals surface area contributed by atoms with Gasteiger partial charge in [-0.05, 0) is 87.7 Å². The van der Waals surface area contributed by atoms with Crippen LogP contribution >= 0.6 is 15.9 Å². The third-order valence-corrected chi connectivity index (χ3v) is 10.8. The average Bonchev–Trinajstić information content (AvgIpc) is 3.77. The number of ether oxygens (including phenoxy) is 2. The number of aromatic nitrogens is 3. The predicted octanol–water partition coefficient (Wildman–Crippen LogP) is 9.03. The van der Waals surface area contributed by atoms with Crippen LogP contribution < -0.4 is 4.74 Å². The van der Waals surface area contributed by atoms with Crippen LogP contribution in [0.25, 0.3) is 22.2 Å². The van der Waals surface area contributed by atoms with Crippen LogP contribution in [0.4, 0.5) is 4.39 Å². The van der Waals surface area contributed by atoms with Crippen LogP contribution in [-0.4, -0.2) is 39.5 Å². The number of hydrogen-bond donors (Lipinski definition) is 1. The van der Waals surface area contributed by atoms with Gasteiger partial charge >= 0.3 is 0 Å². The van der Waals surface area contributed by atoms with E-state index in [2.05, 4.69) is 34.0 Å². The van der Waals surface area contributed by atoms with Crippen LogP contribution in [-0.2, 0) is 21.4 Å². The van der Waals surface area contributed by atoms with E-state index in [1.165, 1.54) is 24.4 Å². The van der Waals surface area contributed by atoms with Crippen molar-refractivity contribution < 1.29 is 27.4 Å². The molecular formula is C40H37BrFN3O5S. The Kier molecular flexibility index (Phi) is 10.5. The second kappa shape index (κ2) is 14.9. The molecule has 6 aromatic rings. The highest BCUT2D eigenvalue weighted by atomic mass is 79.9. The van der Waals surface area contributed by atoms with Crippen molar-refractivity contribution in [1.29, 1.82) is 0 Å². The molecule has 1 unspecified atom stereocenters. The quantitative estimate of drug-likeness (QED) is 0.0931. The molecule has 51 heavy (non-hydrogen) atoms. The Morgan fingerprint density at radius 3 is 2.51 bits per heavy atom. The molecule has 0 aliphatic rings. The number of terminal acetylenes is 1. The van der Waals surface area contributed by atoms with E-state index in [9.17, 15) is 13.5 Å². The molecule has 0 saturated heterocycles. The topological polar surface area (TPSA) is 95.6 Å². The maximum atomic E-state index is 15.8. The van der Waals surface area contributed by atoms with Crippen molar-refractivity contribution >= 4 is 36.9 Å². The molecule has 0 saturated carbocycles. The van der Waals surface area contributed by atoms with Gasteiger partial charge in [0, 0.05) is 46.1 Å². The minimum Gasteiger partial charge on any atom is -0.454 e. The van der Waals surface area contributed by atoms with E-state index in [1.807, 2.05) is 55.9 Å². The molecule has 1 atom stereocenters. The number of fused-ring (bicyclic) bond motifs is 1. The fourth-order valence-corrected chi connectivity index (χ4v) is 7.64. The third-order valence-electron chi connectivity index (χ3n) is 8.65. The Labute approximate surface area is 305 Å². The first-order chi connectivity index (χ1) is 24.4. The highest BCUT2D eigenvalue weighted by Crippen LogP contribution is 2.37. The molecular weight excluding hydrogens is 733 g/mol. The number of halogens is 2. The van der Waals surface area contributed by atoms with Gasteiger partial charge in [0.25, 0.3) is 10.0 Å². The lowest BCUT2D eigenvalue weighted by molar-refractivity contribution is 0.0239. The molecule has 0 amide bonds. The van der Waals surface area contributed by atoms with E-state index >= 15 is 4.39 Å². The molecule has 262 valence electrons. The summed E-state index contributed by atoms with van der Waals surface area (Å²) in [6.45, 7) is 5.51. The molecule has 2 heterocycles. The number of aliphatic hydroxyl groups is 1. The van der Waals surface area contributed by atoms with Crippen LogP contribution in [0, 0.1) is 25.1 Å². The van der Waals surface area contributed by atoms with Crippen molar-refractivity contribution in [2.24, 2.45) is 0 Å². The maximum Gasteiger partial charge on any atom is 0.268 e. The summed E-state index contributed by atoms with van der Waals surface area (Å²) in [5.74, 6) is 1.97. The lowest BCUT2D eigenvalue weighted by Gasteiger charge is -2.21. The van der Waals surface area contributed by atoms with Gasteiger partial charge in [0.1, 0.15) is 11.4 Å². The summed E-state index contributed by atoms with van der Waals surface area (Å²) in [5.41, 5.74) is 2.99.